The summed E-state index contributed by atoms with van der Waals surface area (Å²) in [6.45, 7) is 1.44. The smallest absolute Gasteiger partial charge is 0.175 e. The maximum absolute atomic E-state index is 11.9. The summed E-state index contributed by atoms with van der Waals surface area (Å²) in [4.78, 5) is 11.9. The van der Waals surface area contributed by atoms with Crippen LogP contribution in [0.1, 0.15) is 19.3 Å². The van der Waals surface area contributed by atoms with Gasteiger partial charge in [0.2, 0.25) is 0 Å². The van der Waals surface area contributed by atoms with Crippen molar-refractivity contribution in [3.8, 4) is 0 Å². The van der Waals surface area contributed by atoms with Crippen molar-refractivity contribution in [1.29, 1.82) is 0 Å². The van der Waals surface area contributed by atoms with Crippen LogP contribution in [0.4, 0.5) is 0 Å². The van der Waals surface area contributed by atoms with E-state index < -0.39 is 0 Å². The van der Waals surface area contributed by atoms with Crippen molar-refractivity contribution in [3.05, 3.63) is 0 Å². The molecule has 14 heavy (non-hydrogen) atoms. The first-order valence-corrected chi connectivity index (χ1v) is 5.64. The van der Waals surface area contributed by atoms with Gasteiger partial charge in [0.15, 0.2) is 5.79 Å². The summed E-state index contributed by atoms with van der Waals surface area (Å²) in [6, 6.07) is 0. The Kier molecular flexibility index (Phi) is 1.24. The Morgan fingerprint density at radius 3 is 2.71 bits per heavy atom. The average molecular weight is 194 g/mol. The first kappa shape index (κ1) is 7.83. The van der Waals surface area contributed by atoms with Gasteiger partial charge in [0.05, 0.1) is 13.2 Å². The molecule has 0 aromatic rings. The van der Waals surface area contributed by atoms with E-state index in [1.54, 1.807) is 0 Å². The number of hydrogen-bond donors (Lipinski definition) is 0. The molecule has 4 atom stereocenters. The van der Waals surface area contributed by atoms with Crippen molar-refractivity contribution in [1.82, 2.24) is 0 Å². The number of ketones is 1. The van der Waals surface area contributed by atoms with E-state index in [-0.39, 0.29) is 5.79 Å². The summed E-state index contributed by atoms with van der Waals surface area (Å²) in [7, 11) is 0. The fourth-order valence-electron chi connectivity index (χ4n) is 4.23. The van der Waals surface area contributed by atoms with Crippen LogP contribution in [-0.4, -0.2) is 24.8 Å². The van der Waals surface area contributed by atoms with Gasteiger partial charge in [-0.05, 0) is 19.3 Å². The second-order valence-electron chi connectivity index (χ2n) is 5.07. The second kappa shape index (κ2) is 2.22. The lowest BCUT2D eigenvalue weighted by Gasteiger charge is -2.54. The number of carbonyl (C=O) groups excluding carboxylic acids is 1. The normalized spacial score (nSPS) is 52.4. The number of fused-ring (bicyclic) bond motifs is 3. The molecule has 76 valence electrons. The number of Topliss-reactive ketones (excluding diaryl/α,β-unsaturated/α-hetero) is 1. The van der Waals surface area contributed by atoms with Crippen LogP contribution in [-0.2, 0) is 14.3 Å². The van der Waals surface area contributed by atoms with Crippen molar-refractivity contribution in [2.45, 2.75) is 25.0 Å². The number of carbonyl (C=O) groups is 1. The highest BCUT2D eigenvalue weighted by atomic mass is 16.7. The lowest BCUT2D eigenvalue weighted by Crippen LogP contribution is -2.63. The van der Waals surface area contributed by atoms with Crippen molar-refractivity contribution in [3.63, 3.8) is 0 Å². The standard InChI is InChI=1S/C11H14O3/c12-10-6-1-2-7-9(10)8(5-6)11(7)13-3-4-14-11/h6-9H,1-5H2/t6-,7?,8+,9?/m1/s1. The number of hydrogen-bond acceptors (Lipinski definition) is 3. The van der Waals surface area contributed by atoms with Gasteiger partial charge in [-0.25, -0.2) is 0 Å². The predicted octanol–water partition coefficient (Wildman–Crippen LogP) is 0.974. The van der Waals surface area contributed by atoms with E-state index in [2.05, 4.69) is 0 Å². The van der Waals surface area contributed by atoms with Gasteiger partial charge in [0.25, 0.3) is 0 Å². The maximum atomic E-state index is 11.9. The molecule has 3 saturated carbocycles. The summed E-state index contributed by atoms with van der Waals surface area (Å²) in [6.07, 6.45) is 3.24. The zero-order valence-corrected chi connectivity index (χ0v) is 8.07. The van der Waals surface area contributed by atoms with Gasteiger partial charge in [-0.2, -0.15) is 0 Å². The molecule has 1 spiro atoms. The second-order valence-corrected chi connectivity index (χ2v) is 5.07. The van der Waals surface area contributed by atoms with Crippen LogP contribution in [0.3, 0.4) is 0 Å². The molecule has 3 nitrogen and oxygen atoms in total. The van der Waals surface area contributed by atoms with Crippen LogP contribution >= 0.6 is 0 Å². The van der Waals surface area contributed by atoms with Gasteiger partial charge in [-0.3, -0.25) is 4.79 Å². The van der Waals surface area contributed by atoms with Crippen molar-refractivity contribution in [2.24, 2.45) is 23.7 Å². The van der Waals surface area contributed by atoms with Crippen molar-refractivity contribution >= 4 is 5.78 Å². The lowest BCUT2D eigenvalue weighted by molar-refractivity contribution is -0.306. The van der Waals surface area contributed by atoms with Gasteiger partial charge >= 0.3 is 0 Å². The van der Waals surface area contributed by atoms with Crippen LogP contribution in [0.5, 0.6) is 0 Å². The van der Waals surface area contributed by atoms with E-state index in [4.69, 9.17) is 9.47 Å². The summed E-state index contributed by atoms with van der Waals surface area (Å²) in [5.74, 6) is 1.62. The highest BCUT2D eigenvalue weighted by molar-refractivity contribution is 5.88. The third kappa shape index (κ3) is 0.625. The van der Waals surface area contributed by atoms with Gasteiger partial charge in [-0.1, -0.05) is 0 Å². The average Bonchev–Trinajstić information content (AvgIpc) is 2.65. The first-order chi connectivity index (χ1) is 6.83. The molecule has 2 unspecified atom stereocenters. The highest BCUT2D eigenvalue weighted by Gasteiger charge is 2.73. The summed E-state index contributed by atoms with van der Waals surface area (Å²) in [5.41, 5.74) is 0. The van der Waals surface area contributed by atoms with Crippen molar-refractivity contribution < 1.29 is 14.3 Å². The SMILES string of the molecule is O=C1C2C3CC[C@@H]1C[C@@H]2C31OCCO1. The first-order valence-electron chi connectivity index (χ1n) is 5.64. The Labute approximate surface area is 82.8 Å². The van der Waals surface area contributed by atoms with E-state index in [0.717, 1.165) is 32.5 Å². The predicted molar refractivity (Wildman–Crippen MR) is 47.5 cm³/mol. The molecule has 0 aromatic carbocycles. The molecular formula is C11H14O3. The number of ether oxygens (including phenoxy) is 2. The van der Waals surface area contributed by atoms with Gasteiger partial charge in [0.1, 0.15) is 5.78 Å². The minimum Gasteiger partial charge on any atom is -0.347 e. The zero-order chi connectivity index (χ0) is 9.34. The van der Waals surface area contributed by atoms with Gasteiger partial charge in [-0.15, -0.1) is 0 Å². The molecule has 1 aliphatic heterocycles. The molecule has 2 bridgehead atoms. The van der Waals surface area contributed by atoms with Crippen LogP contribution in [0.15, 0.2) is 0 Å². The summed E-state index contributed by atoms with van der Waals surface area (Å²) in [5, 5.41) is 0. The van der Waals surface area contributed by atoms with E-state index >= 15 is 0 Å². The fraction of sp³-hybridized carbons (Fsp3) is 0.909. The Morgan fingerprint density at radius 1 is 1.14 bits per heavy atom. The summed E-state index contributed by atoms with van der Waals surface area (Å²) < 4.78 is 11.6. The van der Waals surface area contributed by atoms with Crippen LogP contribution in [0.25, 0.3) is 0 Å². The highest BCUT2D eigenvalue weighted by Crippen LogP contribution is 2.66. The molecule has 0 amide bonds. The largest absolute Gasteiger partial charge is 0.347 e. The Bertz CT molecular complexity index is 298. The molecule has 3 heteroatoms. The number of rotatable bonds is 0. The van der Waals surface area contributed by atoms with Gasteiger partial charge in [0, 0.05) is 23.7 Å². The van der Waals surface area contributed by atoms with Crippen molar-refractivity contribution in [2.75, 3.05) is 13.2 Å². The minimum atomic E-state index is -0.314. The van der Waals surface area contributed by atoms with Gasteiger partial charge < -0.3 is 9.47 Å². The lowest BCUT2D eigenvalue weighted by atomic mass is 9.58. The van der Waals surface area contributed by atoms with E-state index in [0.29, 0.717) is 29.5 Å². The van der Waals surface area contributed by atoms with Crippen LogP contribution in [0.2, 0.25) is 0 Å². The monoisotopic (exact) mass is 194 g/mol. The minimum absolute atomic E-state index is 0.298. The third-order valence-corrected chi connectivity index (χ3v) is 4.73. The molecule has 4 aliphatic rings. The summed E-state index contributed by atoms with van der Waals surface area (Å²) >= 11 is 0. The van der Waals surface area contributed by atoms with Crippen LogP contribution in [0, 0.1) is 23.7 Å². The Balaban J connectivity index is 1.77. The van der Waals surface area contributed by atoms with Crippen LogP contribution < -0.4 is 0 Å². The maximum Gasteiger partial charge on any atom is 0.175 e. The molecule has 1 heterocycles. The third-order valence-electron chi connectivity index (χ3n) is 4.73. The zero-order valence-electron chi connectivity index (χ0n) is 8.07. The molecule has 1 saturated heterocycles. The Morgan fingerprint density at radius 2 is 1.93 bits per heavy atom. The molecular weight excluding hydrogens is 180 g/mol. The molecule has 3 aliphatic carbocycles. The van der Waals surface area contributed by atoms with E-state index in [9.17, 15) is 4.79 Å². The quantitative estimate of drug-likeness (QED) is 0.576. The molecule has 0 N–H and O–H groups in total. The van der Waals surface area contributed by atoms with E-state index in [1.807, 2.05) is 0 Å². The molecule has 0 aromatic heterocycles. The molecule has 4 fully saturated rings. The van der Waals surface area contributed by atoms with E-state index in [1.165, 1.54) is 0 Å². The molecule has 4 rings (SSSR count). The molecule has 0 radical (unpaired) electrons. The topological polar surface area (TPSA) is 35.5 Å². The fourth-order valence-corrected chi connectivity index (χ4v) is 4.23. The Hall–Kier alpha value is -0.410.